The van der Waals surface area contributed by atoms with Crippen LogP contribution in [0, 0.1) is 0 Å². The maximum absolute atomic E-state index is 10.1. The van der Waals surface area contributed by atoms with Crippen LogP contribution in [0.2, 0.25) is 0 Å². The molecule has 0 aliphatic carbocycles. The van der Waals surface area contributed by atoms with Crippen molar-refractivity contribution in [2.75, 3.05) is 44.2 Å². The fraction of sp³-hybridized carbons (Fsp3) is 0.350. The lowest BCUT2D eigenvalue weighted by molar-refractivity contribution is 0.0187. The van der Waals surface area contributed by atoms with Crippen LogP contribution in [0.4, 0.5) is 5.69 Å². The smallest absolute Gasteiger partial charge is 0.144 e. The highest BCUT2D eigenvalue weighted by Gasteiger charge is 2.19. The van der Waals surface area contributed by atoms with Crippen LogP contribution in [0.3, 0.4) is 0 Å². The summed E-state index contributed by atoms with van der Waals surface area (Å²) in [4.78, 5) is 9.86. The average Bonchev–Trinajstić information content (AvgIpc) is 2.67. The van der Waals surface area contributed by atoms with Gasteiger partial charge in [0.1, 0.15) is 12.7 Å². The average molecular weight is 412 g/mol. The molecule has 0 amide bonds. The molecule has 2 aromatic rings. The van der Waals surface area contributed by atoms with Gasteiger partial charge in [0.2, 0.25) is 0 Å². The lowest BCUT2D eigenvalue weighted by Crippen LogP contribution is -2.49. The number of anilines is 1. The summed E-state index contributed by atoms with van der Waals surface area (Å²) in [7, 11) is 0. The maximum atomic E-state index is 10.1. The molecule has 1 fully saturated rings. The van der Waals surface area contributed by atoms with Crippen molar-refractivity contribution in [1.82, 2.24) is 4.90 Å². The molecule has 1 aliphatic rings. The molecule has 7 heteroatoms. The van der Waals surface area contributed by atoms with E-state index in [0.29, 0.717) is 6.54 Å². The molecular weight excluding hydrogens is 385 g/mol. The second-order valence-corrected chi connectivity index (χ2v) is 6.22. The van der Waals surface area contributed by atoms with Gasteiger partial charge in [0, 0.05) is 38.4 Å². The summed E-state index contributed by atoms with van der Waals surface area (Å²) in [6.45, 7) is 4.66. The minimum atomic E-state index is -0.531. The zero-order chi connectivity index (χ0) is 17.3. The van der Waals surface area contributed by atoms with Crippen LogP contribution in [-0.4, -0.2) is 61.7 Å². The topological polar surface area (TPSA) is 48.3 Å². The van der Waals surface area contributed by atoms with Crippen molar-refractivity contribution in [3.63, 3.8) is 0 Å². The number of hydrogen-bond donors (Lipinski definition) is 1. The molecule has 1 unspecified atom stereocenters. The molecule has 2 aromatic carbocycles. The molecule has 0 saturated carbocycles. The summed E-state index contributed by atoms with van der Waals surface area (Å²) in [6, 6.07) is 20.2. The van der Waals surface area contributed by atoms with Gasteiger partial charge in [-0.05, 0) is 17.7 Å². The predicted octanol–water partition coefficient (Wildman–Crippen LogP) is 3.06. The number of aliphatic hydroxyl groups is 1. The number of piperazine rings is 1. The van der Waals surface area contributed by atoms with Gasteiger partial charge in [0.05, 0.1) is 6.21 Å². The largest absolute Gasteiger partial charge is 0.393 e. The second-order valence-electron chi connectivity index (χ2n) is 6.22. The Morgan fingerprint density at radius 1 is 0.926 bits per heavy atom. The minimum Gasteiger partial charge on any atom is -0.393 e. The summed E-state index contributed by atoms with van der Waals surface area (Å²) in [5.74, 6) is 0. The van der Waals surface area contributed by atoms with Gasteiger partial charge in [0.15, 0.2) is 0 Å². The molecule has 1 saturated heterocycles. The number of benzene rings is 2. The molecule has 0 radical (unpaired) electrons. The lowest BCUT2D eigenvalue weighted by atomic mass is 10.2. The SMILES string of the molecule is Cl.Cl.OC(CO/N=C\c1ccccc1)CN1CCN(c2ccccc2)CC1. The van der Waals surface area contributed by atoms with Gasteiger partial charge in [-0.25, -0.2) is 0 Å². The predicted molar refractivity (Wildman–Crippen MR) is 116 cm³/mol. The Labute approximate surface area is 173 Å². The Kier molecular flexibility index (Phi) is 10.8. The number of hydrogen-bond acceptors (Lipinski definition) is 5. The van der Waals surface area contributed by atoms with Gasteiger partial charge in [-0.15, -0.1) is 24.8 Å². The first-order valence-electron chi connectivity index (χ1n) is 8.72. The van der Waals surface area contributed by atoms with Crippen LogP contribution < -0.4 is 4.90 Å². The summed E-state index contributed by atoms with van der Waals surface area (Å²) in [5.41, 5.74) is 2.25. The van der Waals surface area contributed by atoms with E-state index < -0.39 is 6.10 Å². The van der Waals surface area contributed by atoms with Crippen molar-refractivity contribution >= 4 is 36.7 Å². The van der Waals surface area contributed by atoms with Gasteiger partial charge >= 0.3 is 0 Å². The zero-order valence-electron chi connectivity index (χ0n) is 15.2. The first-order valence-corrected chi connectivity index (χ1v) is 8.72. The summed E-state index contributed by atoms with van der Waals surface area (Å²) in [5, 5.41) is 14.0. The molecule has 1 aliphatic heterocycles. The zero-order valence-corrected chi connectivity index (χ0v) is 16.8. The van der Waals surface area contributed by atoms with Crippen molar-refractivity contribution in [1.29, 1.82) is 0 Å². The second kappa shape index (κ2) is 12.6. The summed E-state index contributed by atoms with van der Waals surface area (Å²) in [6.07, 6.45) is 1.13. The molecule has 27 heavy (non-hydrogen) atoms. The highest BCUT2D eigenvalue weighted by atomic mass is 35.5. The quantitative estimate of drug-likeness (QED) is 0.561. The molecule has 0 spiro atoms. The molecule has 1 heterocycles. The number of para-hydroxylation sites is 1. The van der Waals surface area contributed by atoms with Crippen molar-refractivity contribution in [2.45, 2.75) is 6.10 Å². The minimum absolute atomic E-state index is 0. The van der Waals surface area contributed by atoms with Crippen LogP contribution in [0.25, 0.3) is 0 Å². The molecule has 1 N–H and O–H groups in total. The molecule has 0 bridgehead atoms. The number of halogens is 2. The van der Waals surface area contributed by atoms with Gasteiger partial charge in [-0.1, -0.05) is 53.7 Å². The third-order valence-electron chi connectivity index (χ3n) is 4.31. The third kappa shape index (κ3) is 7.77. The molecule has 148 valence electrons. The van der Waals surface area contributed by atoms with E-state index in [4.69, 9.17) is 4.84 Å². The third-order valence-corrected chi connectivity index (χ3v) is 4.31. The van der Waals surface area contributed by atoms with E-state index in [-0.39, 0.29) is 31.4 Å². The van der Waals surface area contributed by atoms with Gasteiger partial charge in [-0.2, -0.15) is 0 Å². The summed E-state index contributed by atoms with van der Waals surface area (Å²) < 4.78 is 0. The number of aliphatic hydroxyl groups excluding tert-OH is 1. The lowest BCUT2D eigenvalue weighted by Gasteiger charge is -2.36. The molecule has 3 rings (SSSR count). The number of oxime groups is 1. The van der Waals surface area contributed by atoms with Crippen LogP contribution in [0.15, 0.2) is 65.8 Å². The highest BCUT2D eigenvalue weighted by Crippen LogP contribution is 2.15. The molecular formula is C20H27Cl2N3O2. The van der Waals surface area contributed by atoms with Gasteiger partial charge < -0.3 is 14.8 Å². The first kappa shape index (κ1) is 23.2. The molecule has 5 nitrogen and oxygen atoms in total. The number of β-amino-alcohol motifs (C(OH)–C–C–N with tert-alkyl or cyclic N) is 1. The van der Waals surface area contributed by atoms with Crippen molar-refractivity contribution < 1.29 is 9.94 Å². The number of rotatable bonds is 7. The van der Waals surface area contributed by atoms with Crippen molar-refractivity contribution in [2.24, 2.45) is 5.16 Å². The van der Waals surface area contributed by atoms with Crippen molar-refractivity contribution in [3.05, 3.63) is 66.2 Å². The monoisotopic (exact) mass is 411 g/mol. The van der Waals surface area contributed by atoms with Gasteiger partial charge in [-0.3, -0.25) is 4.90 Å². The fourth-order valence-corrected chi connectivity index (χ4v) is 2.94. The Hall–Kier alpha value is -1.79. The fourth-order valence-electron chi connectivity index (χ4n) is 2.94. The van der Waals surface area contributed by atoms with E-state index in [1.807, 2.05) is 36.4 Å². The van der Waals surface area contributed by atoms with Crippen molar-refractivity contribution in [3.8, 4) is 0 Å². The maximum Gasteiger partial charge on any atom is 0.144 e. The Morgan fingerprint density at radius 2 is 1.52 bits per heavy atom. The van der Waals surface area contributed by atoms with E-state index >= 15 is 0 Å². The van der Waals surface area contributed by atoms with E-state index in [0.717, 1.165) is 31.7 Å². The van der Waals surface area contributed by atoms with E-state index in [9.17, 15) is 5.11 Å². The molecule has 1 atom stereocenters. The Morgan fingerprint density at radius 3 is 2.15 bits per heavy atom. The molecule has 0 aromatic heterocycles. The summed E-state index contributed by atoms with van der Waals surface area (Å²) >= 11 is 0. The standard InChI is InChI=1S/C20H25N3O2.2ClH/c24-20(17-25-21-15-18-7-3-1-4-8-18)16-22-11-13-23(14-12-22)19-9-5-2-6-10-19;;/h1-10,15,20,24H,11-14,16-17H2;2*1H/b21-15-;;. The van der Waals surface area contributed by atoms with Crippen LogP contribution in [0.5, 0.6) is 0 Å². The van der Waals surface area contributed by atoms with Crippen LogP contribution in [0.1, 0.15) is 5.56 Å². The highest BCUT2D eigenvalue weighted by molar-refractivity contribution is 5.85. The first-order chi connectivity index (χ1) is 12.3. The van der Waals surface area contributed by atoms with Crippen LogP contribution in [-0.2, 0) is 4.84 Å². The van der Waals surface area contributed by atoms with Gasteiger partial charge in [0.25, 0.3) is 0 Å². The van der Waals surface area contributed by atoms with E-state index in [1.54, 1.807) is 6.21 Å². The van der Waals surface area contributed by atoms with E-state index in [1.165, 1.54) is 5.69 Å². The van der Waals surface area contributed by atoms with Crippen LogP contribution >= 0.6 is 24.8 Å². The van der Waals surface area contributed by atoms with E-state index in [2.05, 4.69) is 39.2 Å². The number of nitrogens with zero attached hydrogens (tertiary/aromatic N) is 3. The Bertz CT molecular complexity index is 651. The Balaban J connectivity index is 0.00000182. The normalized spacial score (nSPS) is 15.7.